The molecule has 2 atom stereocenters. The van der Waals surface area contributed by atoms with Crippen molar-refractivity contribution in [3.8, 4) is 0 Å². The van der Waals surface area contributed by atoms with Gasteiger partial charge in [0.25, 0.3) is 5.69 Å². The summed E-state index contributed by atoms with van der Waals surface area (Å²) in [5.74, 6) is -1.07. The van der Waals surface area contributed by atoms with Gasteiger partial charge in [-0.15, -0.1) is 0 Å². The van der Waals surface area contributed by atoms with Crippen LogP contribution in [-0.4, -0.2) is 28.6 Å². The van der Waals surface area contributed by atoms with Crippen LogP contribution in [0.1, 0.15) is 31.7 Å². The number of rotatable bonds is 4. The van der Waals surface area contributed by atoms with E-state index in [9.17, 15) is 28.1 Å². The average molecular weight is 328 g/mol. The van der Waals surface area contributed by atoms with Gasteiger partial charge in [0, 0.05) is 31.2 Å². The second kappa shape index (κ2) is 6.10. The molecule has 0 radical (unpaired) electrons. The SMILES string of the molecule is C[C@](N=Cc1ccc([N+](=O)[O-])cc1)([C@@H]1CCC(=O)C1)C(F)(F)F. The van der Waals surface area contributed by atoms with Crippen molar-refractivity contribution in [1.29, 1.82) is 0 Å². The highest BCUT2D eigenvalue weighted by Crippen LogP contribution is 2.45. The lowest BCUT2D eigenvalue weighted by molar-refractivity contribution is -0.384. The number of carbonyl (C=O) groups is 1. The number of Topliss-reactive ketones (excluding diaryl/α,β-unsaturated/α-hetero) is 1. The zero-order valence-corrected chi connectivity index (χ0v) is 12.3. The molecule has 8 heteroatoms. The third-order valence-electron chi connectivity index (χ3n) is 4.20. The number of non-ortho nitro benzene ring substituents is 1. The molecule has 0 unspecified atom stereocenters. The fourth-order valence-electron chi connectivity index (χ4n) is 2.59. The lowest BCUT2D eigenvalue weighted by Crippen LogP contribution is -2.46. The van der Waals surface area contributed by atoms with Crippen molar-refractivity contribution in [1.82, 2.24) is 0 Å². The molecule has 5 nitrogen and oxygen atoms in total. The lowest BCUT2D eigenvalue weighted by atomic mass is 9.84. The van der Waals surface area contributed by atoms with E-state index in [1.807, 2.05) is 0 Å². The molecule has 0 spiro atoms. The van der Waals surface area contributed by atoms with E-state index >= 15 is 0 Å². The van der Waals surface area contributed by atoms with Crippen LogP contribution in [0.5, 0.6) is 0 Å². The molecule has 0 bridgehead atoms. The van der Waals surface area contributed by atoms with Crippen LogP contribution in [0.4, 0.5) is 18.9 Å². The molecule has 1 aromatic carbocycles. The van der Waals surface area contributed by atoms with E-state index in [2.05, 4.69) is 4.99 Å². The summed E-state index contributed by atoms with van der Waals surface area (Å²) in [5, 5.41) is 10.6. The van der Waals surface area contributed by atoms with Gasteiger partial charge in [0.2, 0.25) is 0 Å². The number of nitro groups is 1. The molecule has 0 aromatic heterocycles. The van der Waals surface area contributed by atoms with E-state index in [0.29, 0.717) is 5.56 Å². The summed E-state index contributed by atoms with van der Waals surface area (Å²) in [6.07, 6.45) is -3.36. The second-order valence-corrected chi connectivity index (χ2v) is 5.73. The number of hydrogen-bond acceptors (Lipinski definition) is 4. The summed E-state index contributed by atoms with van der Waals surface area (Å²) < 4.78 is 40.3. The number of carbonyl (C=O) groups excluding carboxylic acids is 1. The Morgan fingerprint density at radius 3 is 2.35 bits per heavy atom. The topological polar surface area (TPSA) is 72.6 Å². The van der Waals surface area contributed by atoms with E-state index in [1.54, 1.807) is 0 Å². The highest BCUT2D eigenvalue weighted by atomic mass is 19.4. The number of aliphatic imine (C=N–C) groups is 1. The van der Waals surface area contributed by atoms with Crippen LogP contribution >= 0.6 is 0 Å². The fourth-order valence-corrected chi connectivity index (χ4v) is 2.59. The fraction of sp³-hybridized carbons (Fsp3) is 0.467. The molecule has 1 fully saturated rings. The number of hydrogen-bond donors (Lipinski definition) is 0. The molecule has 0 aliphatic heterocycles. The van der Waals surface area contributed by atoms with Crippen LogP contribution in [0.2, 0.25) is 0 Å². The summed E-state index contributed by atoms with van der Waals surface area (Å²) in [5.41, 5.74) is -2.17. The van der Waals surface area contributed by atoms with Crippen molar-refractivity contribution < 1.29 is 22.9 Å². The largest absolute Gasteiger partial charge is 0.413 e. The summed E-state index contributed by atoms with van der Waals surface area (Å²) in [7, 11) is 0. The normalized spacial score (nSPS) is 21.6. The molecule has 23 heavy (non-hydrogen) atoms. The third kappa shape index (κ3) is 3.57. The Balaban J connectivity index is 2.27. The van der Waals surface area contributed by atoms with Gasteiger partial charge in [-0.3, -0.25) is 19.9 Å². The molecule has 0 N–H and O–H groups in total. The minimum Gasteiger partial charge on any atom is -0.300 e. The Morgan fingerprint density at radius 1 is 1.30 bits per heavy atom. The van der Waals surface area contributed by atoms with Crippen molar-refractivity contribution in [2.75, 3.05) is 0 Å². The molecule has 2 rings (SSSR count). The van der Waals surface area contributed by atoms with Crippen LogP contribution in [0.15, 0.2) is 29.3 Å². The van der Waals surface area contributed by atoms with Gasteiger partial charge in [0.15, 0.2) is 5.54 Å². The van der Waals surface area contributed by atoms with Gasteiger partial charge >= 0.3 is 6.18 Å². The first kappa shape index (κ1) is 17.1. The van der Waals surface area contributed by atoms with Crippen molar-refractivity contribution in [2.24, 2.45) is 10.9 Å². The van der Waals surface area contributed by atoms with Crippen molar-refractivity contribution in [3.63, 3.8) is 0 Å². The number of ketones is 1. The Morgan fingerprint density at radius 2 is 1.91 bits per heavy atom. The number of benzene rings is 1. The molecule has 124 valence electrons. The third-order valence-corrected chi connectivity index (χ3v) is 4.20. The highest BCUT2D eigenvalue weighted by molar-refractivity contribution is 5.82. The number of nitrogens with zero attached hydrogens (tertiary/aromatic N) is 2. The zero-order chi connectivity index (χ0) is 17.3. The van der Waals surface area contributed by atoms with Crippen LogP contribution in [-0.2, 0) is 4.79 Å². The minimum atomic E-state index is -4.58. The predicted molar refractivity (Wildman–Crippen MR) is 77.5 cm³/mol. The summed E-state index contributed by atoms with van der Waals surface area (Å²) >= 11 is 0. The first-order valence-corrected chi connectivity index (χ1v) is 7.01. The molecule has 0 heterocycles. The van der Waals surface area contributed by atoms with Crippen molar-refractivity contribution in [2.45, 2.75) is 37.9 Å². The molecule has 0 amide bonds. The Kier molecular flexibility index (Phi) is 4.53. The summed E-state index contributed by atoms with van der Waals surface area (Å²) in [6, 6.07) is 5.06. The van der Waals surface area contributed by atoms with Crippen molar-refractivity contribution >= 4 is 17.7 Å². The molecule has 1 aliphatic rings. The zero-order valence-electron chi connectivity index (χ0n) is 12.3. The van der Waals surface area contributed by atoms with Crippen LogP contribution < -0.4 is 0 Å². The number of nitro benzene ring substituents is 1. The van der Waals surface area contributed by atoms with E-state index in [-0.39, 0.29) is 30.7 Å². The quantitative estimate of drug-likeness (QED) is 0.480. The predicted octanol–water partition coefficient (Wildman–Crippen LogP) is 3.70. The Bertz CT molecular complexity index is 640. The van der Waals surface area contributed by atoms with Gasteiger partial charge in [-0.05, 0) is 37.0 Å². The van der Waals surface area contributed by atoms with E-state index in [0.717, 1.165) is 13.1 Å². The second-order valence-electron chi connectivity index (χ2n) is 5.73. The van der Waals surface area contributed by atoms with Gasteiger partial charge in [-0.25, -0.2) is 0 Å². The first-order chi connectivity index (χ1) is 10.6. The van der Waals surface area contributed by atoms with Crippen LogP contribution in [0.25, 0.3) is 0 Å². The summed E-state index contributed by atoms with van der Waals surface area (Å²) in [4.78, 5) is 25.0. The van der Waals surface area contributed by atoms with Gasteiger partial charge in [-0.2, -0.15) is 13.2 Å². The van der Waals surface area contributed by atoms with Gasteiger partial charge in [-0.1, -0.05) is 0 Å². The molecule has 0 saturated heterocycles. The Hall–Kier alpha value is -2.25. The highest BCUT2D eigenvalue weighted by Gasteiger charge is 2.57. The van der Waals surface area contributed by atoms with E-state index in [4.69, 9.17) is 0 Å². The molecular formula is C15H15F3N2O3. The maximum absolute atomic E-state index is 13.4. The van der Waals surface area contributed by atoms with Gasteiger partial charge in [0.05, 0.1) is 4.92 Å². The average Bonchev–Trinajstić information content (AvgIpc) is 2.91. The molecule has 1 aliphatic carbocycles. The van der Waals surface area contributed by atoms with E-state index < -0.39 is 22.6 Å². The maximum atomic E-state index is 13.4. The number of halogens is 3. The lowest BCUT2D eigenvalue weighted by Gasteiger charge is -2.33. The minimum absolute atomic E-state index is 0.131. The standard InChI is InChI=1S/C15H15F3N2O3/c1-14(15(16,17)18,11-4-7-13(21)8-11)19-9-10-2-5-12(6-3-10)20(22)23/h2-3,5-6,9,11H,4,7-8H2,1H3/t11-,14+/m1/s1. The van der Waals surface area contributed by atoms with Crippen LogP contribution in [0, 0.1) is 16.0 Å². The van der Waals surface area contributed by atoms with Crippen molar-refractivity contribution in [3.05, 3.63) is 39.9 Å². The monoisotopic (exact) mass is 328 g/mol. The van der Waals surface area contributed by atoms with Gasteiger partial charge in [0.1, 0.15) is 5.78 Å². The number of alkyl halides is 3. The first-order valence-electron chi connectivity index (χ1n) is 7.01. The summed E-state index contributed by atoms with van der Waals surface area (Å²) in [6.45, 7) is 0.984. The molecule has 1 aromatic rings. The molecule has 1 saturated carbocycles. The smallest absolute Gasteiger partial charge is 0.300 e. The van der Waals surface area contributed by atoms with E-state index in [1.165, 1.54) is 24.3 Å². The maximum Gasteiger partial charge on any atom is 0.413 e. The Labute approximate surface area is 130 Å². The van der Waals surface area contributed by atoms with Crippen LogP contribution in [0.3, 0.4) is 0 Å². The van der Waals surface area contributed by atoms with Gasteiger partial charge < -0.3 is 0 Å². The molecular weight excluding hydrogens is 313 g/mol.